The second-order valence-corrected chi connectivity index (χ2v) is 27.9. The highest BCUT2D eigenvalue weighted by Crippen LogP contribution is 2.44. The fourth-order valence-corrected chi connectivity index (χ4v) is 11.0. The third-order valence-electron chi connectivity index (χ3n) is 15.6. The summed E-state index contributed by atoms with van der Waals surface area (Å²) >= 11 is 0. The number of rotatable bonds is 47. The van der Waals surface area contributed by atoms with Crippen molar-refractivity contribution in [3.05, 3.63) is 34.9 Å². The fraction of sp³-hybridized carbons (Fsp3) is 0.900. The van der Waals surface area contributed by atoms with E-state index in [1.807, 2.05) is 12.1 Å². The molecule has 0 aliphatic heterocycles. The Hall–Kier alpha value is 0.220. The summed E-state index contributed by atoms with van der Waals surface area (Å²) < 4.78 is 7.20. The molecular weight excluding hydrogens is 1130 g/mol. The molecule has 0 bridgehead atoms. The summed E-state index contributed by atoms with van der Waals surface area (Å²) in [6, 6.07) is 5.89. The SMILES string of the molecule is CC(C)(C)c1ccc(C(O)C(CO)(CO)CO)c(C(C)(C)C)c1.CCCCCCCCCCCCCCCCCCC(O)(CCCCCCCCCCCCCCCCCC)C(CO)(CO)CO.OP(O)OP(O)O.OP(O)OP(O)O. The van der Waals surface area contributed by atoms with Crippen LogP contribution in [0.4, 0.5) is 0 Å². The lowest BCUT2D eigenvalue weighted by atomic mass is 9.68. The van der Waals surface area contributed by atoms with Gasteiger partial charge in [-0.25, -0.2) is 8.62 Å². The Balaban J connectivity index is -0.00000137. The molecule has 16 N–H and O–H groups in total. The number of unbranched alkanes of at least 4 members (excludes halogenated alkanes) is 30. The third kappa shape index (κ3) is 43.0. The van der Waals surface area contributed by atoms with Gasteiger partial charge in [-0.1, -0.05) is 279 Å². The van der Waals surface area contributed by atoms with Gasteiger partial charge in [0, 0.05) is 0 Å². The van der Waals surface area contributed by atoms with Crippen molar-refractivity contribution in [3.63, 3.8) is 0 Å². The molecular formula is C60H124O18P4. The van der Waals surface area contributed by atoms with Gasteiger partial charge in [0.05, 0.1) is 62.2 Å². The quantitative estimate of drug-likeness (QED) is 0.0213. The summed E-state index contributed by atoms with van der Waals surface area (Å²) in [7, 11) is -10.4. The first-order chi connectivity index (χ1) is 38.7. The van der Waals surface area contributed by atoms with E-state index in [9.17, 15) is 40.9 Å². The Bertz CT molecular complexity index is 1470. The van der Waals surface area contributed by atoms with Crippen LogP contribution >= 0.6 is 34.4 Å². The van der Waals surface area contributed by atoms with E-state index in [0.29, 0.717) is 18.4 Å². The predicted molar refractivity (Wildman–Crippen MR) is 337 cm³/mol. The first-order valence-corrected chi connectivity index (χ1v) is 35.7. The Morgan fingerprint density at radius 3 is 0.829 bits per heavy atom. The van der Waals surface area contributed by atoms with Crippen LogP contribution < -0.4 is 0 Å². The van der Waals surface area contributed by atoms with Crippen molar-refractivity contribution in [2.75, 3.05) is 39.6 Å². The lowest BCUT2D eigenvalue weighted by molar-refractivity contribution is -0.162. The largest absolute Gasteiger partial charge is 0.395 e. The minimum Gasteiger partial charge on any atom is -0.395 e. The molecule has 0 aromatic heterocycles. The van der Waals surface area contributed by atoms with Gasteiger partial charge in [-0.05, 0) is 40.4 Å². The average molecular weight is 1260 g/mol. The van der Waals surface area contributed by atoms with E-state index in [1.165, 1.54) is 180 Å². The van der Waals surface area contributed by atoms with Gasteiger partial charge in [-0.15, -0.1) is 0 Å². The minimum absolute atomic E-state index is 0.0223. The zero-order chi connectivity index (χ0) is 62.9. The monoisotopic (exact) mass is 1260 g/mol. The first kappa shape index (κ1) is 86.4. The maximum absolute atomic E-state index is 11.7. The van der Waals surface area contributed by atoms with Gasteiger partial charge in [-0.3, -0.25) is 0 Å². The van der Waals surface area contributed by atoms with E-state index in [1.54, 1.807) is 0 Å². The number of benzene rings is 1. The molecule has 492 valence electrons. The van der Waals surface area contributed by atoms with Crippen LogP contribution in [0.5, 0.6) is 0 Å². The van der Waals surface area contributed by atoms with Gasteiger partial charge in [0.2, 0.25) is 0 Å². The molecule has 0 radical (unpaired) electrons. The zero-order valence-corrected chi connectivity index (χ0v) is 55.9. The van der Waals surface area contributed by atoms with E-state index in [2.05, 4.69) is 70.1 Å². The molecule has 18 nitrogen and oxygen atoms in total. The third-order valence-corrected chi connectivity index (χ3v) is 18.0. The minimum atomic E-state index is -2.61. The molecule has 0 saturated heterocycles. The van der Waals surface area contributed by atoms with Gasteiger partial charge in [0.1, 0.15) is 0 Å². The van der Waals surface area contributed by atoms with E-state index in [-0.39, 0.29) is 30.7 Å². The summed E-state index contributed by atoms with van der Waals surface area (Å²) in [5, 5.41) is 81.6. The van der Waals surface area contributed by atoms with Gasteiger partial charge in [0.25, 0.3) is 0 Å². The second kappa shape index (κ2) is 53.1. The molecule has 0 heterocycles. The molecule has 1 unspecified atom stereocenters. The van der Waals surface area contributed by atoms with Crippen molar-refractivity contribution in [2.24, 2.45) is 10.8 Å². The molecule has 82 heavy (non-hydrogen) atoms. The summed E-state index contributed by atoms with van der Waals surface area (Å²) in [5.41, 5.74) is -1.28. The first-order valence-electron chi connectivity index (χ1n) is 31.0. The van der Waals surface area contributed by atoms with Gasteiger partial charge in [-0.2, -0.15) is 0 Å². The number of aliphatic hydroxyl groups is 8. The van der Waals surface area contributed by atoms with Gasteiger partial charge in [0.15, 0.2) is 0 Å². The van der Waals surface area contributed by atoms with Crippen LogP contribution in [0.3, 0.4) is 0 Å². The number of hydrogen-bond donors (Lipinski definition) is 16. The zero-order valence-electron chi connectivity index (χ0n) is 52.4. The second-order valence-electron chi connectivity index (χ2n) is 24.6. The molecule has 22 heteroatoms. The summed E-state index contributed by atoms with van der Waals surface area (Å²) in [6.07, 6.45) is 41.9. The van der Waals surface area contributed by atoms with E-state index in [4.69, 9.17) is 39.1 Å². The number of aliphatic hydroxyl groups excluding tert-OH is 7. The maximum atomic E-state index is 11.7. The van der Waals surface area contributed by atoms with Crippen molar-refractivity contribution in [1.82, 2.24) is 0 Å². The van der Waals surface area contributed by atoms with Crippen molar-refractivity contribution in [3.8, 4) is 0 Å². The topological polar surface area (TPSA) is 342 Å². The Morgan fingerprint density at radius 2 is 0.634 bits per heavy atom. The molecule has 0 amide bonds. The lowest BCUT2D eigenvalue weighted by Crippen LogP contribution is -2.55. The molecule has 1 aromatic rings. The van der Waals surface area contributed by atoms with Crippen molar-refractivity contribution in [1.29, 1.82) is 0 Å². The van der Waals surface area contributed by atoms with Crippen molar-refractivity contribution < 1.29 is 88.6 Å². The molecule has 0 spiro atoms. The summed E-state index contributed by atoms with van der Waals surface area (Å²) in [5.74, 6) is 0. The molecule has 1 aromatic carbocycles. The van der Waals surface area contributed by atoms with Gasteiger partial charge >= 0.3 is 34.4 Å². The van der Waals surface area contributed by atoms with E-state index in [0.717, 1.165) is 36.8 Å². The Kier molecular flexibility index (Phi) is 56.0. The van der Waals surface area contributed by atoms with E-state index >= 15 is 0 Å². The van der Waals surface area contributed by atoms with E-state index < -0.39 is 76.8 Å². The Morgan fingerprint density at radius 1 is 0.378 bits per heavy atom. The predicted octanol–water partition coefficient (Wildman–Crippen LogP) is 13.1. The fourth-order valence-electron chi connectivity index (χ4n) is 9.96. The lowest BCUT2D eigenvalue weighted by Gasteiger charge is -2.44. The highest BCUT2D eigenvalue weighted by atomic mass is 31.2. The van der Waals surface area contributed by atoms with Crippen LogP contribution in [0.1, 0.15) is 296 Å². The van der Waals surface area contributed by atoms with Crippen LogP contribution in [-0.4, -0.2) is 125 Å². The van der Waals surface area contributed by atoms with Crippen molar-refractivity contribution >= 4 is 34.4 Å². The summed E-state index contributed by atoms with van der Waals surface area (Å²) in [4.78, 5) is 62.5. The average Bonchev–Trinajstić information content (AvgIpc) is 3.41. The molecule has 1 atom stereocenters. The van der Waals surface area contributed by atoms with Gasteiger partial charge < -0.3 is 80.0 Å². The molecule has 1 rings (SSSR count). The van der Waals surface area contributed by atoms with Crippen LogP contribution in [-0.2, 0) is 19.5 Å². The highest BCUT2D eigenvalue weighted by Gasteiger charge is 2.48. The standard InChI is InChI=1S/C41H84O4.C19H32O4.2H4O5P2/c1-3-5-7-9-11-13-15-17-19-21-23-25-27-29-31-33-35-41(45,40(37-42,38-43)39-44)36-34-32-30-28-26-24-22-20-18-16-14-12-10-8-6-4-2;1-17(2,3)13-7-8-14(15(9-13)18(4,5)6)16(23)19(10-20,11-21)12-22;2*1-6(2)5-7(3)4/h42-45H,3-39H2,1-2H3;7-9,16,20-23H,10-12H2,1-6H3;2*1-4H. The molecule has 0 fully saturated rings. The van der Waals surface area contributed by atoms with Crippen LogP contribution in [0, 0.1) is 10.8 Å². The molecule has 0 saturated carbocycles. The van der Waals surface area contributed by atoms with Crippen LogP contribution in [0.15, 0.2) is 18.2 Å². The summed E-state index contributed by atoms with van der Waals surface area (Å²) in [6.45, 7) is 14.5. The molecule has 0 aliphatic rings. The van der Waals surface area contributed by atoms with Crippen LogP contribution in [0.25, 0.3) is 0 Å². The maximum Gasteiger partial charge on any atom is 0.334 e. The normalized spacial score (nSPS) is 12.9. The highest BCUT2D eigenvalue weighted by molar-refractivity contribution is 7.53. The van der Waals surface area contributed by atoms with Crippen molar-refractivity contribution in [2.45, 2.75) is 296 Å². The smallest absolute Gasteiger partial charge is 0.334 e. The number of hydrogen-bond acceptors (Lipinski definition) is 18. The Labute approximate surface area is 502 Å². The molecule has 0 aliphatic carbocycles. The van der Waals surface area contributed by atoms with Crippen LogP contribution in [0.2, 0.25) is 0 Å².